The summed E-state index contributed by atoms with van der Waals surface area (Å²) in [7, 11) is 0. The summed E-state index contributed by atoms with van der Waals surface area (Å²) in [5.41, 5.74) is 5.43. The Morgan fingerprint density at radius 1 is 1.40 bits per heavy atom. The van der Waals surface area contributed by atoms with Crippen LogP contribution >= 0.6 is 22.9 Å². The predicted octanol–water partition coefficient (Wildman–Crippen LogP) is 1.75. The maximum atomic E-state index is 5.74. The van der Waals surface area contributed by atoms with Gasteiger partial charge in [-0.1, -0.05) is 22.9 Å². The van der Waals surface area contributed by atoms with Crippen LogP contribution in [0.4, 0.5) is 5.13 Å². The first kappa shape index (κ1) is 10.1. The topological polar surface area (TPSA) is 73.9 Å². The molecule has 0 fully saturated rings. The standard InChI is InChI=1S/C8H7ClN4OS/c9-5-1-6(3-11-2-5)14-4-7-12-13-8(10)15-7/h1-3H,4H2,(H2,10,13). The quantitative estimate of drug-likeness (QED) is 0.888. The number of halogens is 1. The number of hydrogen-bond donors (Lipinski definition) is 1. The molecule has 0 atom stereocenters. The molecular formula is C8H7ClN4OS. The van der Waals surface area contributed by atoms with Crippen molar-refractivity contribution in [3.8, 4) is 5.75 Å². The lowest BCUT2D eigenvalue weighted by atomic mass is 10.5. The molecule has 0 radical (unpaired) electrons. The zero-order valence-corrected chi connectivity index (χ0v) is 9.13. The summed E-state index contributed by atoms with van der Waals surface area (Å²) in [4.78, 5) is 3.89. The van der Waals surface area contributed by atoms with Gasteiger partial charge in [0.25, 0.3) is 0 Å². The van der Waals surface area contributed by atoms with Crippen molar-refractivity contribution in [1.29, 1.82) is 0 Å². The molecule has 0 unspecified atom stereocenters. The smallest absolute Gasteiger partial charge is 0.203 e. The summed E-state index contributed by atoms with van der Waals surface area (Å²) >= 11 is 7.03. The first-order chi connectivity index (χ1) is 7.24. The molecule has 0 bridgehead atoms. The van der Waals surface area contributed by atoms with Gasteiger partial charge >= 0.3 is 0 Å². The Morgan fingerprint density at radius 2 is 2.27 bits per heavy atom. The molecule has 2 rings (SSSR count). The number of nitrogen functional groups attached to an aromatic ring is 1. The summed E-state index contributed by atoms with van der Waals surface area (Å²) in [6.45, 7) is 0.316. The summed E-state index contributed by atoms with van der Waals surface area (Å²) in [5, 5.41) is 9.16. The molecule has 0 aliphatic heterocycles. The van der Waals surface area contributed by atoms with E-state index in [9.17, 15) is 0 Å². The van der Waals surface area contributed by atoms with E-state index in [4.69, 9.17) is 22.1 Å². The molecule has 2 aromatic rings. The lowest BCUT2D eigenvalue weighted by Gasteiger charge is -2.02. The van der Waals surface area contributed by atoms with Gasteiger partial charge in [-0.25, -0.2) is 0 Å². The zero-order chi connectivity index (χ0) is 10.7. The Bertz CT molecular complexity index is 461. The highest BCUT2D eigenvalue weighted by Crippen LogP contribution is 2.18. The highest BCUT2D eigenvalue weighted by Gasteiger charge is 2.02. The number of anilines is 1. The van der Waals surface area contributed by atoms with Crippen LogP contribution in [0.15, 0.2) is 18.5 Å². The van der Waals surface area contributed by atoms with Crippen molar-refractivity contribution < 1.29 is 4.74 Å². The van der Waals surface area contributed by atoms with Gasteiger partial charge in [0.1, 0.15) is 12.4 Å². The van der Waals surface area contributed by atoms with Gasteiger partial charge in [-0.05, 0) is 0 Å². The van der Waals surface area contributed by atoms with Crippen LogP contribution in [0, 0.1) is 0 Å². The Hall–Kier alpha value is -1.40. The van der Waals surface area contributed by atoms with E-state index in [1.807, 2.05) is 0 Å². The van der Waals surface area contributed by atoms with Gasteiger partial charge in [0, 0.05) is 12.3 Å². The SMILES string of the molecule is Nc1nnc(COc2cncc(Cl)c2)s1. The second-order valence-corrected chi connectivity index (χ2v) is 4.19. The van der Waals surface area contributed by atoms with E-state index >= 15 is 0 Å². The summed E-state index contributed by atoms with van der Waals surface area (Å²) in [6, 6.07) is 1.68. The highest BCUT2D eigenvalue weighted by molar-refractivity contribution is 7.15. The molecule has 0 amide bonds. The maximum Gasteiger partial charge on any atom is 0.203 e. The molecule has 0 aliphatic rings. The highest BCUT2D eigenvalue weighted by atomic mass is 35.5. The lowest BCUT2D eigenvalue weighted by Crippen LogP contribution is -1.95. The van der Waals surface area contributed by atoms with Gasteiger partial charge < -0.3 is 10.5 Å². The lowest BCUT2D eigenvalue weighted by molar-refractivity contribution is 0.303. The molecular weight excluding hydrogens is 236 g/mol. The number of nitrogens with two attached hydrogens (primary N) is 1. The van der Waals surface area contributed by atoms with Gasteiger partial charge in [0.05, 0.1) is 11.2 Å². The van der Waals surface area contributed by atoms with Crippen LogP contribution < -0.4 is 10.5 Å². The molecule has 7 heteroatoms. The van der Waals surface area contributed by atoms with E-state index in [1.54, 1.807) is 12.3 Å². The Balaban J connectivity index is 1.99. The molecule has 0 spiro atoms. The minimum Gasteiger partial charge on any atom is -0.485 e. The van der Waals surface area contributed by atoms with Crippen molar-refractivity contribution in [3.05, 3.63) is 28.5 Å². The van der Waals surface area contributed by atoms with Crippen LogP contribution in [-0.2, 0) is 6.61 Å². The van der Waals surface area contributed by atoms with E-state index in [0.29, 0.717) is 27.5 Å². The van der Waals surface area contributed by atoms with Crippen molar-refractivity contribution in [3.63, 3.8) is 0 Å². The minimum atomic E-state index is 0.316. The predicted molar refractivity (Wildman–Crippen MR) is 57.9 cm³/mol. The summed E-state index contributed by atoms with van der Waals surface area (Å²) in [6.07, 6.45) is 3.12. The number of ether oxygens (including phenoxy) is 1. The molecule has 5 nitrogen and oxygen atoms in total. The molecule has 2 heterocycles. The number of nitrogens with zero attached hydrogens (tertiary/aromatic N) is 3. The van der Waals surface area contributed by atoms with Crippen LogP contribution in [0.25, 0.3) is 0 Å². The van der Waals surface area contributed by atoms with E-state index in [-0.39, 0.29) is 0 Å². The van der Waals surface area contributed by atoms with Crippen molar-refractivity contribution >= 4 is 28.1 Å². The number of aromatic nitrogens is 3. The van der Waals surface area contributed by atoms with Crippen LogP contribution in [-0.4, -0.2) is 15.2 Å². The second kappa shape index (κ2) is 4.41. The number of rotatable bonds is 3. The fraction of sp³-hybridized carbons (Fsp3) is 0.125. The Kier molecular flexibility index (Phi) is 2.98. The average Bonchev–Trinajstić information content (AvgIpc) is 2.62. The average molecular weight is 243 g/mol. The zero-order valence-electron chi connectivity index (χ0n) is 7.55. The Labute approximate surface area is 94.9 Å². The van der Waals surface area contributed by atoms with Gasteiger partial charge in [-0.2, -0.15) is 0 Å². The molecule has 15 heavy (non-hydrogen) atoms. The van der Waals surface area contributed by atoms with Crippen molar-refractivity contribution in [2.45, 2.75) is 6.61 Å². The van der Waals surface area contributed by atoms with Crippen LogP contribution in [0.3, 0.4) is 0 Å². The molecule has 2 aromatic heterocycles. The number of hydrogen-bond acceptors (Lipinski definition) is 6. The summed E-state index contributed by atoms with van der Waals surface area (Å²) in [5.74, 6) is 0.594. The molecule has 0 saturated heterocycles. The van der Waals surface area contributed by atoms with Crippen LogP contribution in [0.1, 0.15) is 5.01 Å². The van der Waals surface area contributed by atoms with Gasteiger partial charge in [0.15, 0.2) is 5.01 Å². The third-order valence-corrected chi connectivity index (χ3v) is 2.46. The normalized spacial score (nSPS) is 10.2. The second-order valence-electron chi connectivity index (χ2n) is 2.66. The minimum absolute atomic E-state index is 0.316. The fourth-order valence-electron chi connectivity index (χ4n) is 0.941. The maximum absolute atomic E-state index is 5.74. The van der Waals surface area contributed by atoms with Crippen molar-refractivity contribution in [1.82, 2.24) is 15.2 Å². The molecule has 78 valence electrons. The van der Waals surface area contributed by atoms with Gasteiger partial charge in [-0.3, -0.25) is 4.98 Å². The van der Waals surface area contributed by atoms with Crippen molar-refractivity contribution in [2.75, 3.05) is 5.73 Å². The first-order valence-electron chi connectivity index (χ1n) is 4.05. The number of pyridine rings is 1. The van der Waals surface area contributed by atoms with Gasteiger partial charge in [0.2, 0.25) is 5.13 Å². The fourth-order valence-corrected chi connectivity index (χ4v) is 1.63. The van der Waals surface area contributed by atoms with E-state index in [1.165, 1.54) is 17.5 Å². The third-order valence-electron chi connectivity index (χ3n) is 1.52. The Morgan fingerprint density at radius 3 is 2.93 bits per heavy atom. The summed E-state index contributed by atoms with van der Waals surface area (Å²) < 4.78 is 5.39. The van der Waals surface area contributed by atoms with Crippen LogP contribution in [0.5, 0.6) is 5.75 Å². The third kappa shape index (κ3) is 2.77. The molecule has 0 aromatic carbocycles. The van der Waals surface area contributed by atoms with Crippen molar-refractivity contribution in [2.24, 2.45) is 0 Å². The van der Waals surface area contributed by atoms with E-state index in [2.05, 4.69) is 15.2 Å². The van der Waals surface area contributed by atoms with Gasteiger partial charge in [-0.15, -0.1) is 10.2 Å². The van der Waals surface area contributed by atoms with E-state index < -0.39 is 0 Å². The van der Waals surface area contributed by atoms with E-state index in [0.717, 1.165) is 0 Å². The molecule has 2 N–H and O–H groups in total. The first-order valence-corrected chi connectivity index (χ1v) is 5.25. The largest absolute Gasteiger partial charge is 0.485 e. The molecule has 0 aliphatic carbocycles. The monoisotopic (exact) mass is 242 g/mol. The van der Waals surface area contributed by atoms with Crippen LogP contribution in [0.2, 0.25) is 5.02 Å². The molecule has 0 saturated carbocycles.